The van der Waals surface area contributed by atoms with Gasteiger partial charge in [-0.2, -0.15) is 0 Å². The van der Waals surface area contributed by atoms with E-state index in [2.05, 4.69) is 20.9 Å². The van der Waals surface area contributed by atoms with E-state index in [9.17, 15) is 13.6 Å². The number of rotatable bonds is 2. The molecule has 1 aromatic rings. The minimum atomic E-state index is -2.67. The maximum absolute atomic E-state index is 12.4. The first-order valence-electron chi connectivity index (χ1n) is 3.27. The van der Waals surface area contributed by atoms with Crippen molar-refractivity contribution in [3.05, 3.63) is 25.5 Å². The number of alkyl halides is 2. The maximum Gasteiger partial charge on any atom is 0.272 e. The average Bonchev–Trinajstić information content (AvgIpc) is 2.07. The summed E-state index contributed by atoms with van der Waals surface area (Å²) in [6.07, 6.45) is -2.67. The first kappa shape index (κ1) is 12.3. The van der Waals surface area contributed by atoms with Crippen molar-refractivity contribution in [2.45, 2.75) is 6.43 Å². The fourth-order valence-electron chi connectivity index (χ4n) is 0.806. The highest BCUT2D eigenvalue weighted by atomic mass is 127. The number of pyridine rings is 1. The summed E-state index contributed by atoms with van der Waals surface area (Å²) in [6, 6.07) is 1.19. The average molecular weight is 396 g/mol. The molecule has 1 rings (SSSR count). The lowest BCUT2D eigenvalue weighted by Crippen LogP contribution is -2.02. The number of nitrogens with zero attached hydrogens (tertiary/aromatic N) is 1. The largest absolute Gasteiger partial charge is 0.274 e. The van der Waals surface area contributed by atoms with Crippen LogP contribution in [0.15, 0.2) is 10.5 Å². The fraction of sp³-hybridized carbons (Fsp3) is 0.143. The van der Waals surface area contributed by atoms with Gasteiger partial charge in [-0.05, 0) is 56.2 Å². The zero-order valence-electron chi connectivity index (χ0n) is 6.40. The first-order chi connectivity index (χ1) is 6.43. The van der Waals surface area contributed by atoms with Crippen LogP contribution in [-0.2, 0) is 0 Å². The van der Waals surface area contributed by atoms with E-state index in [4.69, 9.17) is 11.6 Å². The Morgan fingerprint density at radius 1 is 1.64 bits per heavy atom. The molecular weight excluding hydrogens is 394 g/mol. The highest BCUT2D eigenvalue weighted by molar-refractivity contribution is 14.1. The standard InChI is InChI=1S/C7H2BrClF2INO/c8-4-2(7(10)11)1-3(12)13-5(4)6(9)14/h1,7H. The molecule has 0 saturated carbocycles. The zero-order chi connectivity index (χ0) is 10.9. The normalized spacial score (nSPS) is 10.7. The Labute approximate surface area is 105 Å². The van der Waals surface area contributed by atoms with Crippen molar-refractivity contribution in [2.24, 2.45) is 0 Å². The second-order valence-corrected chi connectivity index (χ2v) is 4.51. The molecule has 0 N–H and O–H groups in total. The van der Waals surface area contributed by atoms with Crippen LogP contribution >= 0.6 is 50.1 Å². The molecule has 14 heavy (non-hydrogen) atoms. The maximum atomic E-state index is 12.4. The van der Waals surface area contributed by atoms with E-state index in [0.717, 1.165) is 0 Å². The van der Waals surface area contributed by atoms with Gasteiger partial charge in [0.2, 0.25) is 0 Å². The van der Waals surface area contributed by atoms with E-state index in [1.807, 2.05) is 0 Å². The molecule has 0 atom stereocenters. The van der Waals surface area contributed by atoms with Crippen molar-refractivity contribution >= 4 is 55.4 Å². The van der Waals surface area contributed by atoms with Gasteiger partial charge < -0.3 is 0 Å². The Balaban J connectivity index is 3.40. The van der Waals surface area contributed by atoms with E-state index < -0.39 is 11.7 Å². The quantitative estimate of drug-likeness (QED) is 0.433. The summed E-state index contributed by atoms with van der Waals surface area (Å²) in [4.78, 5) is 14.6. The van der Waals surface area contributed by atoms with Crippen molar-refractivity contribution in [2.75, 3.05) is 0 Å². The van der Waals surface area contributed by atoms with Gasteiger partial charge in [-0.25, -0.2) is 13.8 Å². The molecule has 0 bridgehead atoms. The van der Waals surface area contributed by atoms with Crippen molar-refractivity contribution < 1.29 is 13.6 Å². The van der Waals surface area contributed by atoms with Gasteiger partial charge in [0.25, 0.3) is 11.7 Å². The first-order valence-corrected chi connectivity index (χ1v) is 5.52. The van der Waals surface area contributed by atoms with Crippen molar-refractivity contribution in [3.8, 4) is 0 Å². The van der Waals surface area contributed by atoms with Crippen LogP contribution in [0.1, 0.15) is 22.5 Å². The van der Waals surface area contributed by atoms with E-state index in [1.54, 1.807) is 22.6 Å². The Bertz CT molecular complexity index is 388. The van der Waals surface area contributed by atoms with Gasteiger partial charge in [-0.15, -0.1) is 0 Å². The summed E-state index contributed by atoms with van der Waals surface area (Å²) in [5, 5.41) is -0.864. The summed E-state index contributed by atoms with van der Waals surface area (Å²) in [7, 11) is 0. The van der Waals surface area contributed by atoms with Gasteiger partial charge in [0, 0.05) is 5.56 Å². The number of carbonyl (C=O) groups excluding carboxylic acids is 1. The van der Waals surface area contributed by atoms with Crippen molar-refractivity contribution in [1.29, 1.82) is 0 Å². The molecule has 1 aromatic heterocycles. The van der Waals surface area contributed by atoms with Gasteiger partial charge in [0.05, 0.1) is 4.47 Å². The Morgan fingerprint density at radius 3 is 2.64 bits per heavy atom. The fourth-order valence-corrected chi connectivity index (χ4v) is 2.19. The second kappa shape index (κ2) is 4.80. The van der Waals surface area contributed by atoms with Crippen LogP contribution in [0.5, 0.6) is 0 Å². The molecular formula is C7H2BrClF2INO. The minimum absolute atomic E-state index is 0.0482. The Kier molecular flexibility index (Phi) is 4.20. The van der Waals surface area contributed by atoms with Crippen LogP contribution in [0, 0.1) is 3.70 Å². The Hall–Kier alpha value is 0.180. The number of hydrogen-bond acceptors (Lipinski definition) is 2. The summed E-state index contributed by atoms with van der Waals surface area (Å²) >= 11 is 9.78. The molecule has 0 radical (unpaired) electrons. The van der Waals surface area contributed by atoms with Gasteiger partial charge in [-0.3, -0.25) is 4.79 Å². The smallest absolute Gasteiger partial charge is 0.272 e. The number of halogens is 5. The van der Waals surface area contributed by atoms with E-state index in [1.165, 1.54) is 6.07 Å². The SMILES string of the molecule is O=C(Cl)c1nc(I)cc(C(F)F)c1Br. The minimum Gasteiger partial charge on any atom is -0.274 e. The van der Waals surface area contributed by atoms with Gasteiger partial charge >= 0.3 is 0 Å². The van der Waals surface area contributed by atoms with Crippen LogP contribution in [0.2, 0.25) is 0 Å². The van der Waals surface area contributed by atoms with Crippen LogP contribution < -0.4 is 0 Å². The highest BCUT2D eigenvalue weighted by Crippen LogP contribution is 2.31. The molecule has 1 heterocycles. The lowest BCUT2D eigenvalue weighted by molar-refractivity contribution is 0.107. The highest BCUT2D eigenvalue weighted by Gasteiger charge is 2.19. The molecule has 0 saturated heterocycles. The van der Waals surface area contributed by atoms with Crippen LogP contribution in [0.4, 0.5) is 8.78 Å². The molecule has 7 heteroatoms. The molecule has 0 aliphatic heterocycles. The number of aromatic nitrogens is 1. The molecule has 0 aliphatic carbocycles. The molecule has 0 aromatic carbocycles. The third kappa shape index (κ3) is 2.60. The second-order valence-electron chi connectivity index (χ2n) is 2.27. The molecule has 0 fully saturated rings. The third-order valence-corrected chi connectivity index (χ3v) is 2.94. The molecule has 76 valence electrons. The predicted octanol–water partition coefficient (Wildman–Crippen LogP) is 3.77. The lowest BCUT2D eigenvalue weighted by atomic mass is 10.2. The van der Waals surface area contributed by atoms with Crippen LogP contribution in [0.3, 0.4) is 0 Å². The number of carbonyl (C=O) groups is 1. The summed E-state index contributed by atoms with van der Waals surface area (Å²) < 4.78 is 25.1. The van der Waals surface area contributed by atoms with E-state index in [0.29, 0.717) is 3.70 Å². The van der Waals surface area contributed by atoms with E-state index >= 15 is 0 Å². The van der Waals surface area contributed by atoms with Gasteiger partial charge in [0.15, 0.2) is 0 Å². The molecule has 0 unspecified atom stereocenters. The monoisotopic (exact) mass is 395 g/mol. The van der Waals surface area contributed by atoms with E-state index in [-0.39, 0.29) is 15.7 Å². The molecule has 0 spiro atoms. The van der Waals surface area contributed by atoms with Crippen molar-refractivity contribution in [3.63, 3.8) is 0 Å². The summed E-state index contributed by atoms with van der Waals surface area (Å²) in [5.74, 6) is 0. The molecule has 0 aliphatic rings. The number of hydrogen-bond donors (Lipinski definition) is 0. The third-order valence-electron chi connectivity index (χ3n) is 1.38. The topological polar surface area (TPSA) is 30.0 Å². The Morgan fingerprint density at radius 2 is 2.21 bits per heavy atom. The summed E-state index contributed by atoms with van der Waals surface area (Å²) in [6.45, 7) is 0. The lowest BCUT2D eigenvalue weighted by Gasteiger charge is -2.06. The summed E-state index contributed by atoms with van der Waals surface area (Å²) in [5.41, 5.74) is -0.470. The predicted molar refractivity (Wildman–Crippen MR) is 59.8 cm³/mol. The van der Waals surface area contributed by atoms with Gasteiger partial charge in [0.1, 0.15) is 9.39 Å². The van der Waals surface area contributed by atoms with Gasteiger partial charge in [-0.1, -0.05) is 0 Å². The zero-order valence-corrected chi connectivity index (χ0v) is 10.9. The van der Waals surface area contributed by atoms with Crippen molar-refractivity contribution in [1.82, 2.24) is 4.98 Å². The molecule has 2 nitrogen and oxygen atoms in total. The van der Waals surface area contributed by atoms with Crippen LogP contribution in [0.25, 0.3) is 0 Å². The van der Waals surface area contributed by atoms with Crippen LogP contribution in [-0.4, -0.2) is 10.2 Å². The molecule has 0 amide bonds.